The lowest BCUT2D eigenvalue weighted by molar-refractivity contribution is -0.135. The first-order valence-electron chi connectivity index (χ1n) is 10.9. The van der Waals surface area contributed by atoms with Crippen LogP contribution in [0.5, 0.6) is 0 Å². The van der Waals surface area contributed by atoms with Gasteiger partial charge in [0.05, 0.1) is 18.7 Å². The number of β-amino-alcohol motifs (C(OH)–C–C–N with tert-alkyl or cyclic N) is 1. The maximum Gasteiger partial charge on any atom is 0.328 e. The van der Waals surface area contributed by atoms with Crippen LogP contribution in [-0.2, 0) is 11.3 Å². The minimum absolute atomic E-state index is 0.0262. The van der Waals surface area contributed by atoms with E-state index in [-0.39, 0.29) is 31.0 Å². The molecule has 0 saturated carbocycles. The smallest absolute Gasteiger partial charge is 0.328 e. The van der Waals surface area contributed by atoms with E-state index < -0.39 is 5.54 Å². The van der Waals surface area contributed by atoms with Crippen molar-refractivity contribution in [3.8, 4) is 0 Å². The zero-order valence-electron chi connectivity index (χ0n) is 18.5. The van der Waals surface area contributed by atoms with Gasteiger partial charge in [-0.1, -0.05) is 30.3 Å². The van der Waals surface area contributed by atoms with Crippen molar-refractivity contribution >= 4 is 17.8 Å². The Kier molecular flexibility index (Phi) is 5.97. The lowest BCUT2D eigenvalue weighted by Gasteiger charge is -2.42. The highest BCUT2D eigenvalue weighted by molar-refractivity contribution is 6.07. The van der Waals surface area contributed by atoms with Crippen LogP contribution in [0.25, 0.3) is 0 Å². The molecule has 2 saturated heterocycles. The van der Waals surface area contributed by atoms with Crippen LogP contribution in [0.2, 0.25) is 0 Å². The Morgan fingerprint density at radius 1 is 1.12 bits per heavy atom. The standard InChI is InChI=1S/C24H28N4O4/c1-17-14-18(2)25-15-20(17)21(30)26-10-8-24(9-11-26)22(31)27(12-13-29)23(32)28(24)16-19-6-4-3-5-7-19/h3-7,14-15,29H,8-13,16H2,1-2H3. The van der Waals surface area contributed by atoms with Gasteiger partial charge in [0.25, 0.3) is 11.8 Å². The second-order valence-corrected chi connectivity index (χ2v) is 8.50. The van der Waals surface area contributed by atoms with Crippen LogP contribution in [-0.4, -0.2) is 74.4 Å². The Morgan fingerprint density at radius 2 is 1.81 bits per heavy atom. The van der Waals surface area contributed by atoms with Crippen LogP contribution < -0.4 is 0 Å². The van der Waals surface area contributed by atoms with Crippen molar-refractivity contribution < 1.29 is 19.5 Å². The Labute approximate surface area is 187 Å². The zero-order chi connectivity index (χ0) is 22.9. The molecule has 1 aromatic heterocycles. The third-order valence-corrected chi connectivity index (χ3v) is 6.48. The van der Waals surface area contributed by atoms with Crippen molar-refractivity contribution in [3.05, 3.63) is 65.0 Å². The fourth-order valence-electron chi connectivity index (χ4n) is 4.72. The van der Waals surface area contributed by atoms with Crippen LogP contribution in [0.3, 0.4) is 0 Å². The first kappa shape index (κ1) is 22.0. The van der Waals surface area contributed by atoms with E-state index in [9.17, 15) is 19.5 Å². The molecule has 2 aromatic rings. The summed E-state index contributed by atoms with van der Waals surface area (Å²) in [6.45, 7) is 4.50. The molecule has 2 aliphatic heterocycles. The average molecular weight is 437 g/mol. The number of pyridine rings is 1. The lowest BCUT2D eigenvalue weighted by atomic mass is 9.85. The van der Waals surface area contributed by atoms with Crippen LogP contribution >= 0.6 is 0 Å². The van der Waals surface area contributed by atoms with Gasteiger partial charge in [0.1, 0.15) is 5.54 Å². The van der Waals surface area contributed by atoms with Crippen molar-refractivity contribution in [2.24, 2.45) is 0 Å². The van der Waals surface area contributed by atoms with Gasteiger partial charge < -0.3 is 14.9 Å². The highest BCUT2D eigenvalue weighted by atomic mass is 16.3. The fraction of sp³-hybridized carbons (Fsp3) is 0.417. The summed E-state index contributed by atoms with van der Waals surface area (Å²) in [5.74, 6) is -0.392. The van der Waals surface area contributed by atoms with Gasteiger partial charge in [-0.3, -0.25) is 19.5 Å². The predicted octanol–water partition coefficient (Wildman–Crippen LogP) is 2.13. The SMILES string of the molecule is Cc1cc(C)c(C(=O)N2CCC3(CC2)C(=O)N(CCO)C(=O)N3Cc2ccccc2)cn1. The van der Waals surface area contributed by atoms with Crippen molar-refractivity contribution in [1.29, 1.82) is 0 Å². The van der Waals surface area contributed by atoms with Gasteiger partial charge in [-0.2, -0.15) is 0 Å². The predicted molar refractivity (Wildman–Crippen MR) is 118 cm³/mol. The second kappa shape index (κ2) is 8.70. The Bertz CT molecular complexity index is 1030. The molecule has 1 spiro atoms. The average Bonchev–Trinajstić information content (AvgIpc) is 2.97. The minimum atomic E-state index is -1.00. The van der Waals surface area contributed by atoms with E-state index >= 15 is 0 Å². The molecule has 2 fully saturated rings. The topological polar surface area (TPSA) is 94.1 Å². The largest absolute Gasteiger partial charge is 0.395 e. The highest BCUT2D eigenvalue weighted by Crippen LogP contribution is 2.38. The number of nitrogens with zero attached hydrogens (tertiary/aromatic N) is 4. The number of carbonyl (C=O) groups excluding carboxylic acids is 3. The van der Waals surface area contributed by atoms with Crippen molar-refractivity contribution in [2.75, 3.05) is 26.2 Å². The number of carbonyl (C=O) groups is 3. The Morgan fingerprint density at radius 3 is 2.44 bits per heavy atom. The number of hydrogen-bond acceptors (Lipinski definition) is 5. The quantitative estimate of drug-likeness (QED) is 0.725. The number of hydrogen-bond donors (Lipinski definition) is 1. The molecule has 0 unspecified atom stereocenters. The summed E-state index contributed by atoms with van der Waals surface area (Å²) < 4.78 is 0. The molecular weight excluding hydrogens is 408 g/mol. The molecule has 8 nitrogen and oxygen atoms in total. The summed E-state index contributed by atoms with van der Waals surface area (Å²) in [6.07, 6.45) is 2.32. The van der Waals surface area contributed by atoms with Crippen LogP contribution in [0, 0.1) is 13.8 Å². The number of likely N-dealkylation sites (tertiary alicyclic amines) is 1. The highest BCUT2D eigenvalue weighted by Gasteiger charge is 2.58. The number of urea groups is 1. The van der Waals surface area contributed by atoms with Gasteiger partial charge in [0.2, 0.25) is 0 Å². The van der Waals surface area contributed by atoms with E-state index in [2.05, 4.69) is 4.98 Å². The van der Waals surface area contributed by atoms with Crippen LogP contribution in [0.15, 0.2) is 42.6 Å². The van der Waals surface area contributed by atoms with Crippen LogP contribution in [0.1, 0.15) is 40.0 Å². The molecule has 0 radical (unpaired) electrons. The zero-order valence-corrected chi connectivity index (χ0v) is 18.5. The molecule has 0 bridgehead atoms. The van der Waals surface area contributed by atoms with Crippen molar-refractivity contribution in [3.63, 3.8) is 0 Å². The van der Waals surface area contributed by atoms with E-state index in [0.717, 1.165) is 21.7 Å². The van der Waals surface area contributed by atoms with Crippen molar-refractivity contribution in [2.45, 2.75) is 38.8 Å². The fourth-order valence-corrected chi connectivity index (χ4v) is 4.72. The van der Waals surface area contributed by atoms with Gasteiger partial charge in [-0.15, -0.1) is 0 Å². The number of amides is 4. The first-order chi connectivity index (χ1) is 15.4. The number of aromatic nitrogens is 1. The molecule has 1 N–H and O–H groups in total. The van der Waals surface area contributed by atoms with E-state index in [4.69, 9.17) is 0 Å². The van der Waals surface area contributed by atoms with Gasteiger partial charge in [0, 0.05) is 31.5 Å². The van der Waals surface area contributed by atoms with E-state index in [1.165, 1.54) is 0 Å². The summed E-state index contributed by atoms with van der Waals surface area (Å²) in [5.41, 5.74) is 2.21. The van der Waals surface area contributed by atoms with Gasteiger partial charge in [-0.25, -0.2) is 4.79 Å². The van der Waals surface area contributed by atoms with Crippen LogP contribution in [0.4, 0.5) is 4.79 Å². The number of imide groups is 1. The normalized spacial score (nSPS) is 18.0. The number of aryl methyl sites for hydroxylation is 2. The van der Waals surface area contributed by atoms with Gasteiger partial charge >= 0.3 is 6.03 Å². The molecular formula is C24H28N4O4. The maximum absolute atomic E-state index is 13.4. The summed E-state index contributed by atoms with van der Waals surface area (Å²) in [6, 6.07) is 11.0. The molecule has 4 amide bonds. The van der Waals surface area contributed by atoms with Gasteiger partial charge in [-0.05, 0) is 43.9 Å². The summed E-state index contributed by atoms with van der Waals surface area (Å²) in [7, 11) is 0. The molecule has 168 valence electrons. The van der Waals surface area contributed by atoms with Gasteiger partial charge in [0.15, 0.2) is 0 Å². The second-order valence-electron chi connectivity index (χ2n) is 8.50. The van der Waals surface area contributed by atoms with E-state index in [0.29, 0.717) is 38.0 Å². The molecule has 32 heavy (non-hydrogen) atoms. The minimum Gasteiger partial charge on any atom is -0.395 e. The molecule has 2 aliphatic rings. The first-order valence-corrected chi connectivity index (χ1v) is 10.9. The molecule has 8 heteroatoms. The van der Waals surface area contributed by atoms with E-state index in [1.54, 1.807) is 16.0 Å². The monoisotopic (exact) mass is 436 g/mol. The molecule has 3 heterocycles. The molecule has 1 aromatic carbocycles. The number of rotatable bonds is 5. The summed E-state index contributed by atoms with van der Waals surface area (Å²) in [4.78, 5) is 48.3. The number of benzene rings is 1. The third-order valence-electron chi connectivity index (χ3n) is 6.48. The van der Waals surface area contributed by atoms with E-state index in [1.807, 2.05) is 50.2 Å². The maximum atomic E-state index is 13.4. The number of piperidine rings is 1. The molecule has 0 aliphatic carbocycles. The molecule has 4 rings (SSSR count). The number of aliphatic hydroxyl groups excluding tert-OH is 1. The molecule has 0 atom stereocenters. The summed E-state index contributed by atoms with van der Waals surface area (Å²) in [5, 5.41) is 9.39. The lowest BCUT2D eigenvalue weighted by Crippen LogP contribution is -2.57. The van der Waals surface area contributed by atoms with Crippen molar-refractivity contribution in [1.82, 2.24) is 19.7 Å². The Hall–Kier alpha value is -3.26. The third kappa shape index (κ3) is 3.75. The number of aliphatic hydroxyl groups is 1. The summed E-state index contributed by atoms with van der Waals surface area (Å²) >= 11 is 0. The Balaban J connectivity index is 1.57.